The van der Waals surface area contributed by atoms with Crippen LogP contribution in [-0.4, -0.2) is 23.8 Å². The summed E-state index contributed by atoms with van der Waals surface area (Å²) in [5, 5.41) is 0. The van der Waals surface area contributed by atoms with Crippen LogP contribution < -0.4 is 5.73 Å². The molecular formula is C15H23NO4. The van der Waals surface area contributed by atoms with E-state index in [1.807, 2.05) is 6.92 Å². The predicted octanol–water partition coefficient (Wildman–Crippen LogP) is 1.43. The van der Waals surface area contributed by atoms with Crippen molar-refractivity contribution in [3.8, 4) is 0 Å². The van der Waals surface area contributed by atoms with E-state index in [4.69, 9.17) is 10.5 Å². The second-order valence-electron chi connectivity index (χ2n) is 6.49. The lowest BCUT2D eigenvalue weighted by molar-refractivity contribution is -0.164. The van der Waals surface area contributed by atoms with Crippen LogP contribution in [0.15, 0.2) is 0 Å². The van der Waals surface area contributed by atoms with E-state index in [1.54, 1.807) is 0 Å². The van der Waals surface area contributed by atoms with Crippen LogP contribution in [0.1, 0.15) is 46.0 Å². The van der Waals surface area contributed by atoms with Crippen LogP contribution in [0.5, 0.6) is 0 Å². The molecule has 20 heavy (non-hydrogen) atoms. The number of primary amides is 1. The minimum atomic E-state index is -0.403. The molecule has 1 heterocycles. The first-order chi connectivity index (χ1) is 9.36. The van der Waals surface area contributed by atoms with Gasteiger partial charge in [0.2, 0.25) is 5.91 Å². The van der Waals surface area contributed by atoms with Gasteiger partial charge in [0.25, 0.3) is 0 Å². The predicted molar refractivity (Wildman–Crippen MR) is 72.5 cm³/mol. The van der Waals surface area contributed by atoms with Crippen molar-refractivity contribution in [2.45, 2.75) is 52.1 Å². The van der Waals surface area contributed by atoms with Crippen molar-refractivity contribution >= 4 is 17.7 Å². The van der Waals surface area contributed by atoms with Gasteiger partial charge >= 0.3 is 5.97 Å². The number of carbonyl (C=O) groups is 3. The molecule has 5 atom stereocenters. The first-order valence-electron chi connectivity index (χ1n) is 7.38. The second-order valence-corrected chi connectivity index (χ2v) is 6.49. The Labute approximate surface area is 119 Å². The van der Waals surface area contributed by atoms with E-state index in [1.165, 1.54) is 0 Å². The maximum absolute atomic E-state index is 12.3. The number of hydrogen-bond acceptors (Lipinski definition) is 4. The van der Waals surface area contributed by atoms with Gasteiger partial charge < -0.3 is 10.5 Å². The Balaban J connectivity index is 2.08. The molecule has 2 rings (SSSR count). The molecule has 1 amide bonds. The third kappa shape index (κ3) is 3.38. The molecule has 0 aromatic heterocycles. The summed E-state index contributed by atoms with van der Waals surface area (Å²) in [5.74, 6) is -0.332. The molecule has 1 saturated heterocycles. The molecule has 2 fully saturated rings. The molecule has 0 spiro atoms. The third-order valence-electron chi connectivity index (χ3n) is 4.51. The molecule has 0 aromatic carbocycles. The quantitative estimate of drug-likeness (QED) is 0.793. The highest BCUT2D eigenvalue weighted by Gasteiger charge is 2.42. The molecule has 1 aliphatic heterocycles. The number of hydrogen-bond donors (Lipinski definition) is 1. The van der Waals surface area contributed by atoms with Crippen LogP contribution in [0.25, 0.3) is 0 Å². The fraction of sp³-hybridized carbons (Fsp3) is 0.800. The number of nitrogens with two attached hydrogens (primary N) is 1. The first-order valence-corrected chi connectivity index (χ1v) is 7.38. The fourth-order valence-corrected chi connectivity index (χ4v) is 3.67. The number of rotatable bonds is 3. The van der Waals surface area contributed by atoms with Crippen LogP contribution in [-0.2, 0) is 19.1 Å². The Kier molecular flexibility index (Phi) is 4.45. The minimum Gasteiger partial charge on any atom is -0.462 e. The second kappa shape index (κ2) is 5.94. The van der Waals surface area contributed by atoms with Crippen molar-refractivity contribution in [2.24, 2.45) is 29.4 Å². The van der Waals surface area contributed by atoms with Crippen LogP contribution in [0.2, 0.25) is 0 Å². The normalized spacial score (nSPS) is 38.4. The largest absolute Gasteiger partial charge is 0.462 e. The van der Waals surface area contributed by atoms with Crippen molar-refractivity contribution in [1.82, 2.24) is 0 Å². The van der Waals surface area contributed by atoms with Gasteiger partial charge in [0, 0.05) is 18.8 Å². The van der Waals surface area contributed by atoms with Gasteiger partial charge in [0.1, 0.15) is 11.9 Å². The molecule has 1 aliphatic carbocycles. The average Bonchev–Trinajstić information content (AvgIpc) is 2.32. The molecule has 5 heteroatoms. The Bertz CT molecular complexity index is 418. The Hall–Kier alpha value is -1.39. The summed E-state index contributed by atoms with van der Waals surface area (Å²) in [7, 11) is 0. The summed E-state index contributed by atoms with van der Waals surface area (Å²) in [6.07, 6.45) is 2.29. The van der Waals surface area contributed by atoms with E-state index in [-0.39, 0.29) is 48.5 Å². The maximum atomic E-state index is 12.3. The monoisotopic (exact) mass is 281 g/mol. The van der Waals surface area contributed by atoms with Crippen molar-refractivity contribution < 1.29 is 19.1 Å². The molecule has 1 saturated carbocycles. The Morgan fingerprint density at radius 1 is 1.25 bits per heavy atom. The summed E-state index contributed by atoms with van der Waals surface area (Å²) in [6.45, 7) is 4.07. The van der Waals surface area contributed by atoms with Gasteiger partial charge in [-0.2, -0.15) is 0 Å². The van der Waals surface area contributed by atoms with Gasteiger partial charge in [0.15, 0.2) is 0 Å². The third-order valence-corrected chi connectivity index (χ3v) is 4.51. The van der Waals surface area contributed by atoms with Gasteiger partial charge in [-0.25, -0.2) is 0 Å². The van der Waals surface area contributed by atoms with Gasteiger partial charge in [-0.3, -0.25) is 14.4 Å². The zero-order valence-corrected chi connectivity index (χ0v) is 12.1. The van der Waals surface area contributed by atoms with Crippen LogP contribution in [0.3, 0.4) is 0 Å². The number of ether oxygens (including phenoxy) is 1. The number of amides is 1. The topological polar surface area (TPSA) is 86.5 Å². The van der Waals surface area contributed by atoms with Gasteiger partial charge in [-0.1, -0.05) is 13.8 Å². The standard InChI is InChI=1S/C15H23NO4/c1-8-3-9(2)15(19)11(4-8)12-5-10(6-13(16)17)7-14(18)20-12/h8-12H,3-7H2,1-2H3,(H2,16,17)/t8-,9-,10-,11?,12+/m0/s1. The maximum Gasteiger partial charge on any atom is 0.306 e. The van der Waals surface area contributed by atoms with E-state index in [2.05, 4.69) is 6.92 Å². The van der Waals surface area contributed by atoms with Gasteiger partial charge in [-0.15, -0.1) is 0 Å². The number of Topliss-reactive ketones (excluding diaryl/α,β-unsaturated/α-hetero) is 1. The number of cyclic esters (lactones) is 1. The van der Waals surface area contributed by atoms with Crippen LogP contribution in [0, 0.1) is 23.7 Å². The average molecular weight is 281 g/mol. The van der Waals surface area contributed by atoms with Crippen LogP contribution in [0.4, 0.5) is 0 Å². The smallest absolute Gasteiger partial charge is 0.306 e. The van der Waals surface area contributed by atoms with Crippen molar-refractivity contribution in [1.29, 1.82) is 0 Å². The number of esters is 1. The van der Waals surface area contributed by atoms with Crippen molar-refractivity contribution in [3.05, 3.63) is 0 Å². The summed E-state index contributed by atoms with van der Waals surface area (Å²) >= 11 is 0. The molecule has 112 valence electrons. The molecule has 0 aromatic rings. The Morgan fingerprint density at radius 3 is 2.60 bits per heavy atom. The summed E-state index contributed by atoms with van der Waals surface area (Å²) in [5.41, 5.74) is 5.21. The molecular weight excluding hydrogens is 258 g/mol. The molecule has 0 bridgehead atoms. The lowest BCUT2D eigenvalue weighted by Crippen LogP contribution is -2.44. The molecule has 5 nitrogen and oxygen atoms in total. The fourth-order valence-electron chi connectivity index (χ4n) is 3.67. The van der Waals surface area contributed by atoms with Crippen molar-refractivity contribution in [2.75, 3.05) is 0 Å². The van der Waals surface area contributed by atoms with Gasteiger partial charge in [0.05, 0.1) is 5.92 Å². The first kappa shape index (κ1) is 15.0. The van der Waals surface area contributed by atoms with E-state index in [0.29, 0.717) is 12.3 Å². The van der Waals surface area contributed by atoms with Gasteiger partial charge in [-0.05, 0) is 31.1 Å². The lowest BCUT2D eigenvalue weighted by Gasteiger charge is -2.38. The van der Waals surface area contributed by atoms with Crippen molar-refractivity contribution in [3.63, 3.8) is 0 Å². The molecule has 2 aliphatic rings. The van der Waals surface area contributed by atoms with E-state index in [0.717, 1.165) is 12.8 Å². The highest BCUT2D eigenvalue weighted by atomic mass is 16.5. The summed E-state index contributed by atoms with van der Waals surface area (Å²) < 4.78 is 5.39. The van der Waals surface area contributed by atoms with E-state index < -0.39 is 5.91 Å². The number of ketones is 1. The van der Waals surface area contributed by atoms with E-state index >= 15 is 0 Å². The molecule has 1 unspecified atom stereocenters. The summed E-state index contributed by atoms with van der Waals surface area (Å²) in [6, 6.07) is 0. The summed E-state index contributed by atoms with van der Waals surface area (Å²) in [4.78, 5) is 35.0. The van der Waals surface area contributed by atoms with E-state index in [9.17, 15) is 14.4 Å². The molecule has 0 radical (unpaired) electrons. The lowest BCUT2D eigenvalue weighted by atomic mass is 9.71. The number of carbonyl (C=O) groups excluding carboxylic acids is 3. The highest BCUT2D eigenvalue weighted by Crippen LogP contribution is 2.37. The zero-order valence-electron chi connectivity index (χ0n) is 12.1. The SMILES string of the molecule is C[C@@H]1CC([C@H]2C[C@@H](CC(N)=O)CC(=O)O2)C(=O)[C@@H](C)C1. The highest BCUT2D eigenvalue weighted by molar-refractivity contribution is 5.85. The Morgan fingerprint density at radius 2 is 1.95 bits per heavy atom. The molecule has 2 N–H and O–H groups in total. The van der Waals surface area contributed by atoms with Crippen LogP contribution >= 0.6 is 0 Å². The minimum absolute atomic E-state index is 0.0268. The zero-order chi connectivity index (χ0) is 14.9.